The number of hydrogen-bond acceptors (Lipinski definition) is 2. The Balaban J connectivity index is 0. The molecule has 0 spiro atoms. The second kappa shape index (κ2) is 15.1. The van der Waals surface area contributed by atoms with Crippen LogP contribution >= 0.6 is 17.0 Å². The van der Waals surface area contributed by atoms with Gasteiger partial charge in [0.25, 0.3) is 0 Å². The number of allylic oxidation sites excluding steroid dienone is 8. The first-order chi connectivity index (χ1) is 14.6. The Morgan fingerprint density at radius 2 is 1.24 bits per heavy atom. The maximum absolute atomic E-state index is 6.53. The Bertz CT molecular complexity index is 737. The van der Waals surface area contributed by atoms with Crippen molar-refractivity contribution in [3.63, 3.8) is 0 Å². The number of hydrogen-bond donors (Lipinski definition) is 2. The van der Waals surface area contributed by atoms with Crippen molar-refractivity contribution in [2.45, 2.75) is 119 Å². The molecule has 0 aromatic heterocycles. The second-order valence-corrected chi connectivity index (χ2v) is 30.7. The van der Waals surface area contributed by atoms with Crippen molar-refractivity contribution >= 4 is 53.6 Å². The van der Waals surface area contributed by atoms with Crippen LogP contribution in [0.5, 0.6) is 0 Å². The average molecular weight is 619 g/mol. The number of rotatable bonds is 4. The molecule has 8 heteroatoms. The summed E-state index contributed by atoms with van der Waals surface area (Å²) in [5, 5.41) is 1.65. The molecule has 0 bridgehead atoms. The van der Waals surface area contributed by atoms with Crippen molar-refractivity contribution < 1.29 is 18.2 Å². The molecule has 2 N–H and O–H groups in total. The van der Waals surface area contributed by atoms with E-state index < -0.39 is 26.4 Å². The minimum atomic E-state index is -3.25. The number of nitrogens with one attached hydrogen (secondary N) is 2. The van der Waals surface area contributed by atoms with Gasteiger partial charge in [-0.15, -0.1) is 0 Å². The summed E-state index contributed by atoms with van der Waals surface area (Å²) >= 11 is -3.25. The Hall–Kier alpha value is 1.37. The molecule has 0 atom stereocenters. The first-order valence-corrected chi connectivity index (χ1v) is 27.0. The van der Waals surface area contributed by atoms with Crippen LogP contribution in [0.2, 0.25) is 26.2 Å². The van der Waals surface area contributed by atoms with Gasteiger partial charge in [0.2, 0.25) is 0 Å². The van der Waals surface area contributed by atoms with E-state index in [-0.39, 0.29) is 29.9 Å². The second-order valence-electron chi connectivity index (χ2n) is 12.3. The zero-order valence-corrected chi connectivity index (χ0v) is 30.4. The van der Waals surface area contributed by atoms with E-state index in [9.17, 15) is 0 Å². The molecule has 0 saturated carbocycles. The maximum atomic E-state index is 6.53. The predicted octanol–water partition coefficient (Wildman–Crippen LogP) is 7.76. The molecule has 34 heavy (non-hydrogen) atoms. The summed E-state index contributed by atoms with van der Waals surface area (Å²) in [7, 11) is 12.1. The fourth-order valence-electron chi connectivity index (χ4n) is 3.89. The van der Waals surface area contributed by atoms with E-state index >= 15 is 0 Å². The van der Waals surface area contributed by atoms with Gasteiger partial charge in [0.1, 0.15) is 8.24 Å². The minimum absolute atomic E-state index is 0. The SMILES string of the molecule is CC1=C(C)CC([Si](C)(C)NC(C)(C)C)=C1.CC1=C(C)C[C]([Zr]([Cl])([Cl])[NH]C(C)(C)C)=C1.C[SiH2]C.[LiH]. The van der Waals surface area contributed by atoms with E-state index in [1.165, 1.54) is 26.4 Å². The summed E-state index contributed by atoms with van der Waals surface area (Å²) < 4.78 is 4.67. The summed E-state index contributed by atoms with van der Waals surface area (Å²) in [6.07, 6.45) is 6.72. The van der Waals surface area contributed by atoms with Gasteiger partial charge in [-0.3, -0.25) is 0 Å². The van der Waals surface area contributed by atoms with E-state index in [2.05, 4.69) is 116 Å². The zero-order chi connectivity index (χ0) is 26.4. The van der Waals surface area contributed by atoms with E-state index in [0.29, 0.717) is 9.52 Å². The fourth-order valence-corrected chi connectivity index (χ4v) is 16.9. The van der Waals surface area contributed by atoms with Crippen molar-refractivity contribution in [2.75, 3.05) is 0 Å². The van der Waals surface area contributed by atoms with Crippen molar-refractivity contribution in [1.29, 1.82) is 0 Å². The van der Waals surface area contributed by atoms with Gasteiger partial charge in [-0.1, -0.05) is 48.6 Å². The normalized spacial score (nSPS) is 16.8. The third kappa shape index (κ3) is 14.3. The van der Waals surface area contributed by atoms with Gasteiger partial charge in [0.05, 0.1) is 0 Å². The zero-order valence-electron chi connectivity index (χ0n) is 24.0. The Kier molecular flexibility index (Phi) is 16.7. The summed E-state index contributed by atoms with van der Waals surface area (Å²) in [6.45, 7) is 31.2. The van der Waals surface area contributed by atoms with Crippen LogP contribution in [0.1, 0.15) is 82.1 Å². The predicted molar refractivity (Wildman–Crippen MR) is 165 cm³/mol. The van der Waals surface area contributed by atoms with Gasteiger partial charge in [-0.25, -0.2) is 0 Å². The van der Waals surface area contributed by atoms with Gasteiger partial charge in [0, 0.05) is 15.1 Å². The molecular weight excluding hydrogens is 566 g/mol. The van der Waals surface area contributed by atoms with Crippen molar-refractivity contribution in [1.82, 2.24) is 8.24 Å². The van der Waals surface area contributed by atoms with Gasteiger partial charge >= 0.3 is 124 Å². The number of halogens is 2. The summed E-state index contributed by atoms with van der Waals surface area (Å²) in [6, 6.07) is 0. The monoisotopic (exact) mass is 616 g/mol. The molecule has 0 aromatic rings. The van der Waals surface area contributed by atoms with Crippen LogP contribution in [-0.4, -0.2) is 47.7 Å². The molecule has 0 saturated heterocycles. The van der Waals surface area contributed by atoms with E-state index in [1.54, 1.807) is 10.8 Å². The van der Waals surface area contributed by atoms with Crippen molar-refractivity contribution in [3.05, 3.63) is 42.9 Å². The van der Waals surface area contributed by atoms with Crippen LogP contribution in [0.15, 0.2) is 42.9 Å². The first-order valence-electron chi connectivity index (χ1n) is 12.4. The van der Waals surface area contributed by atoms with Crippen LogP contribution in [0.25, 0.3) is 0 Å². The topological polar surface area (TPSA) is 24.1 Å². The van der Waals surface area contributed by atoms with Crippen molar-refractivity contribution in [3.8, 4) is 0 Å². The average Bonchev–Trinajstić information content (AvgIpc) is 3.08. The summed E-state index contributed by atoms with van der Waals surface area (Å²) in [4.78, 5) is 3.82. The molecule has 0 amide bonds. The first kappa shape index (κ1) is 37.5. The molecule has 2 nitrogen and oxygen atoms in total. The van der Waals surface area contributed by atoms with Gasteiger partial charge < -0.3 is 4.98 Å². The molecule has 0 aromatic carbocycles. The Morgan fingerprint density at radius 1 is 0.824 bits per heavy atom. The molecule has 0 radical (unpaired) electrons. The van der Waals surface area contributed by atoms with Gasteiger partial charge in [-0.2, -0.15) is 0 Å². The van der Waals surface area contributed by atoms with Crippen LogP contribution < -0.4 is 8.24 Å². The van der Waals surface area contributed by atoms with E-state index in [4.69, 9.17) is 17.0 Å². The van der Waals surface area contributed by atoms with Crippen molar-refractivity contribution in [2.24, 2.45) is 0 Å². The molecule has 2 rings (SSSR count). The Labute approximate surface area is 240 Å². The molecule has 2 aliphatic carbocycles. The summed E-state index contributed by atoms with van der Waals surface area (Å²) in [5.41, 5.74) is 5.94. The van der Waals surface area contributed by atoms with Crippen LogP contribution in [-0.2, 0) is 18.2 Å². The van der Waals surface area contributed by atoms with E-state index in [1.807, 2.05) is 0 Å². The molecule has 0 aliphatic heterocycles. The summed E-state index contributed by atoms with van der Waals surface area (Å²) in [5.74, 6) is 0. The molecule has 0 heterocycles. The van der Waals surface area contributed by atoms with Crippen LogP contribution in [0, 0.1) is 0 Å². The molecule has 194 valence electrons. The van der Waals surface area contributed by atoms with Gasteiger partial charge in [-0.05, 0) is 41.0 Å². The van der Waals surface area contributed by atoms with E-state index in [0.717, 1.165) is 6.42 Å². The van der Waals surface area contributed by atoms with Crippen LogP contribution in [0.4, 0.5) is 0 Å². The molecule has 0 fully saturated rings. The van der Waals surface area contributed by atoms with Gasteiger partial charge in [0.15, 0.2) is 0 Å². The third-order valence-electron chi connectivity index (χ3n) is 5.46. The standard InChI is InChI=1S/C13H25NSi.C7H9.C4H10N.C2H8Si.2ClH.Li.Zr.H/c1-10-8-12(9-11(10)2)15(6,7)14-13(3,4)5;1-6-4-3-5-7(6)2;1-4(2,3)5;1-3-2;;;;;/h8,14H,9H2,1-7H3;4H,5H2,1-2H3;5H,1-3H3;3H2,1-2H3;2*1H;;;/q;;-1;;;;;+3;/p-2. The fraction of sp³-hybridized carbons (Fsp3) is 0.692. The third-order valence-corrected chi connectivity index (χ3v) is 18.1. The molecule has 2 aliphatic rings. The molecular formula is C26H53Cl2LiN2Si2Zr. The quantitative estimate of drug-likeness (QED) is 0.315. The Morgan fingerprint density at radius 3 is 1.53 bits per heavy atom. The molecule has 0 unspecified atom stereocenters. The van der Waals surface area contributed by atoms with Crippen LogP contribution in [0.3, 0.4) is 0 Å².